The van der Waals surface area contributed by atoms with Gasteiger partial charge in [-0.1, -0.05) is 12.1 Å². The number of hydrogen-bond donors (Lipinski definition) is 0. The minimum atomic E-state index is -0.507. The first-order valence-electron chi connectivity index (χ1n) is 7.93. The van der Waals surface area contributed by atoms with Crippen molar-refractivity contribution in [3.05, 3.63) is 58.3 Å². The van der Waals surface area contributed by atoms with Crippen LogP contribution in [0.25, 0.3) is 5.52 Å². The van der Waals surface area contributed by atoms with Crippen molar-refractivity contribution in [3.8, 4) is 5.75 Å². The number of carbonyl (C=O) groups excluding carboxylic acids is 1. The molecule has 1 aliphatic rings. The summed E-state index contributed by atoms with van der Waals surface area (Å²) in [4.78, 5) is 24.5. The highest BCUT2D eigenvalue weighted by Crippen LogP contribution is 2.29. The molecule has 0 fully saturated rings. The molecule has 0 saturated carbocycles. The van der Waals surface area contributed by atoms with Crippen molar-refractivity contribution in [2.24, 2.45) is 0 Å². The molecule has 0 aliphatic heterocycles. The zero-order valence-corrected chi connectivity index (χ0v) is 13.0. The standard InChI is InChI=1S/C17H16N4O3/c22-16(10-20-17(23)14-8-9-18-21(14)11-19-20)24-15-7-3-5-12-4-1-2-6-13(12)15/h3,5,7-9,11H,1-2,4,6,10H2. The molecule has 2 heterocycles. The van der Waals surface area contributed by atoms with Crippen molar-refractivity contribution in [2.45, 2.75) is 32.2 Å². The van der Waals surface area contributed by atoms with E-state index in [4.69, 9.17) is 4.74 Å². The minimum absolute atomic E-state index is 0.232. The highest BCUT2D eigenvalue weighted by atomic mass is 16.5. The van der Waals surface area contributed by atoms with Crippen LogP contribution in [-0.4, -0.2) is 25.4 Å². The number of nitrogens with zero attached hydrogens (tertiary/aromatic N) is 4. The number of ether oxygens (including phenoxy) is 1. The number of aryl methyl sites for hydroxylation is 1. The lowest BCUT2D eigenvalue weighted by atomic mass is 9.91. The van der Waals surface area contributed by atoms with Crippen LogP contribution in [0.2, 0.25) is 0 Å². The lowest BCUT2D eigenvalue weighted by Crippen LogP contribution is -2.30. The first-order chi connectivity index (χ1) is 11.7. The Balaban J connectivity index is 1.56. The molecule has 0 radical (unpaired) electrons. The van der Waals surface area contributed by atoms with Gasteiger partial charge in [-0.2, -0.15) is 10.2 Å². The van der Waals surface area contributed by atoms with E-state index in [1.165, 1.54) is 22.6 Å². The Morgan fingerprint density at radius 3 is 2.96 bits per heavy atom. The first-order valence-corrected chi connectivity index (χ1v) is 7.93. The lowest BCUT2D eigenvalue weighted by molar-refractivity contribution is -0.135. The fourth-order valence-corrected chi connectivity index (χ4v) is 3.10. The molecule has 2 aromatic heterocycles. The number of benzene rings is 1. The molecule has 7 nitrogen and oxygen atoms in total. The number of fused-ring (bicyclic) bond motifs is 2. The Hall–Kier alpha value is -2.96. The normalized spacial score (nSPS) is 13.7. The van der Waals surface area contributed by atoms with E-state index in [0.29, 0.717) is 11.3 Å². The van der Waals surface area contributed by atoms with Gasteiger partial charge in [0.2, 0.25) is 0 Å². The number of carbonyl (C=O) groups is 1. The van der Waals surface area contributed by atoms with Crippen molar-refractivity contribution in [3.63, 3.8) is 0 Å². The average Bonchev–Trinajstić information content (AvgIpc) is 3.07. The van der Waals surface area contributed by atoms with E-state index in [2.05, 4.69) is 16.3 Å². The van der Waals surface area contributed by atoms with Crippen LogP contribution in [0.1, 0.15) is 24.0 Å². The molecule has 0 unspecified atom stereocenters. The van der Waals surface area contributed by atoms with Gasteiger partial charge in [-0.05, 0) is 48.9 Å². The Kier molecular flexibility index (Phi) is 3.60. The predicted octanol–water partition coefficient (Wildman–Crippen LogP) is 1.38. The third-order valence-corrected chi connectivity index (χ3v) is 4.28. The van der Waals surface area contributed by atoms with Crippen LogP contribution in [0.4, 0.5) is 0 Å². The van der Waals surface area contributed by atoms with Gasteiger partial charge in [0, 0.05) is 0 Å². The van der Waals surface area contributed by atoms with Gasteiger partial charge in [0.15, 0.2) is 0 Å². The van der Waals surface area contributed by atoms with Crippen LogP contribution < -0.4 is 10.3 Å². The quantitative estimate of drug-likeness (QED) is 0.537. The highest BCUT2D eigenvalue weighted by Gasteiger charge is 2.17. The molecule has 0 atom stereocenters. The maximum absolute atomic E-state index is 12.2. The van der Waals surface area contributed by atoms with Gasteiger partial charge < -0.3 is 4.74 Å². The number of aromatic nitrogens is 4. The summed E-state index contributed by atoms with van der Waals surface area (Å²) in [5.74, 6) is 0.0862. The second-order valence-electron chi connectivity index (χ2n) is 5.83. The zero-order chi connectivity index (χ0) is 16.5. The van der Waals surface area contributed by atoms with Crippen LogP contribution >= 0.6 is 0 Å². The smallest absolute Gasteiger partial charge is 0.333 e. The highest BCUT2D eigenvalue weighted by molar-refractivity contribution is 5.72. The Labute approximate surface area is 137 Å². The number of hydrogen-bond acceptors (Lipinski definition) is 5. The van der Waals surface area contributed by atoms with E-state index in [0.717, 1.165) is 35.9 Å². The van der Waals surface area contributed by atoms with Crippen molar-refractivity contribution in [1.82, 2.24) is 19.4 Å². The summed E-state index contributed by atoms with van der Waals surface area (Å²) < 4.78 is 7.97. The topological polar surface area (TPSA) is 78.5 Å². The van der Waals surface area contributed by atoms with Gasteiger partial charge in [-0.25, -0.2) is 14.0 Å². The molecular weight excluding hydrogens is 308 g/mol. The average molecular weight is 324 g/mol. The third kappa shape index (κ3) is 2.58. The van der Waals surface area contributed by atoms with Crippen molar-refractivity contribution < 1.29 is 9.53 Å². The second-order valence-corrected chi connectivity index (χ2v) is 5.83. The monoisotopic (exact) mass is 324 g/mol. The van der Waals surface area contributed by atoms with Gasteiger partial charge in [0.05, 0.1) is 6.20 Å². The van der Waals surface area contributed by atoms with E-state index < -0.39 is 5.97 Å². The summed E-state index contributed by atoms with van der Waals surface area (Å²) in [5.41, 5.74) is 2.34. The third-order valence-electron chi connectivity index (χ3n) is 4.28. The molecule has 24 heavy (non-hydrogen) atoms. The summed E-state index contributed by atoms with van der Waals surface area (Å²) in [6.45, 7) is -0.232. The summed E-state index contributed by atoms with van der Waals surface area (Å²) >= 11 is 0. The molecule has 1 aromatic carbocycles. The van der Waals surface area contributed by atoms with Gasteiger partial charge in [-0.3, -0.25) is 4.79 Å². The molecule has 0 N–H and O–H groups in total. The largest absolute Gasteiger partial charge is 0.425 e. The molecule has 3 aromatic rings. The maximum atomic E-state index is 12.2. The van der Waals surface area contributed by atoms with Crippen molar-refractivity contribution in [1.29, 1.82) is 0 Å². The summed E-state index contributed by atoms with van der Waals surface area (Å²) in [6, 6.07) is 7.36. The van der Waals surface area contributed by atoms with E-state index in [1.54, 1.807) is 12.1 Å². The molecular formula is C17H16N4O3. The van der Waals surface area contributed by atoms with E-state index in [-0.39, 0.29) is 12.1 Å². The summed E-state index contributed by atoms with van der Waals surface area (Å²) in [6.07, 6.45) is 7.10. The summed E-state index contributed by atoms with van der Waals surface area (Å²) in [5, 5.41) is 7.89. The number of esters is 1. The zero-order valence-electron chi connectivity index (χ0n) is 13.0. The van der Waals surface area contributed by atoms with Crippen LogP contribution in [0.15, 0.2) is 41.6 Å². The van der Waals surface area contributed by atoms with Crippen LogP contribution in [0.3, 0.4) is 0 Å². The van der Waals surface area contributed by atoms with Crippen molar-refractivity contribution >= 4 is 11.5 Å². The van der Waals surface area contributed by atoms with E-state index >= 15 is 0 Å². The molecule has 4 rings (SSSR count). The molecule has 0 bridgehead atoms. The SMILES string of the molecule is O=C(Cn1ncn2nccc2c1=O)Oc1cccc2c1CCCC2. The van der Waals surface area contributed by atoms with Crippen molar-refractivity contribution in [2.75, 3.05) is 0 Å². The maximum Gasteiger partial charge on any atom is 0.333 e. The van der Waals surface area contributed by atoms with Gasteiger partial charge in [-0.15, -0.1) is 0 Å². The number of rotatable bonds is 3. The molecule has 7 heteroatoms. The first kappa shape index (κ1) is 14.6. The Bertz CT molecular complexity index is 973. The predicted molar refractivity (Wildman–Crippen MR) is 86.0 cm³/mol. The van der Waals surface area contributed by atoms with Crippen LogP contribution in [0, 0.1) is 0 Å². The molecule has 122 valence electrons. The Morgan fingerprint density at radius 1 is 1.17 bits per heavy atom. The van der Waals surface area contributed by atoms with Gasteiger partial charge in [0.25, 0.3) is 5.56 Å². The van der Waals surface area contributed by atoms with Gasteiger partial charge >= 0.3 is 5.97 Å². The fourth-order valence-electron chi connectivity index (χ4n) is 3.10. The molecule has 1 aliphatic carbocycles. The molecule has 0 spiro atoms. The van der Waals surface area contributed by atoms with E-state index in [9.17, 15) is 9.59 Å². The lowest BCUT2D eigenvalue weighted by Gasteiger charge is -2.18. The second kappa shape index (κ2) is 5.92. The molecule has 0 amide bonds. The van der Waals surface area contributed by atoms with Crippen LogP contribution in [-0.2, 0) is 24.2 Å². The molecule has 0 saturated heterocycles. The Morgan fingerprint density at radius 2 is 2.04 bits per heavy atom. The van der Waals surface area contributed by atoms with Crippen LogP contribution in [0.5, 0.6) is 5.75 Å². The van der Waals surface area contributed by atoms with E-state index in [1.807, 2.05) is 6.07 Å². The summed E-state index contributed by atoms with van der Waals surface area (Å²) in [7, 11) is 0. The minimum Gasteiger partial charge on any atom is -0.425 e. The van der Waals surface area contributed by atoms with Gasteiger partial charge in [0.1, 0.15) is 24.1 Å². The fraction of sp³-hybridized carbons (Fsp3) is 0.294.